The molecule has 0 aliphatic heterocycles. The highest BCUT2D eigenvalue weighted by Crippen LogP contribution is 2.31. The lowest BCUT2D eigenvalue weighted by molar-refractivity contribution is -0.117. The number of amides is 2. The summed E-state index contributed by atoms with van der Waals surface area (Å²) in [5.41, 5.74) is 2.59. The Morgan fingerprint density at radius 3 is 2.57 bits per heavy atom. The predicted octanol–water partition coefficient (Wildman–Crippen LogP) is 4.19. The number of anilines is 1. The smallest absolute Gasteiger partial charge is 0.273 e. The third-order valence-corrected chi connectivity index (χ3v) is 5.09. The lowest BCUT2D eigenvalue weighted by atomic mass is 10.1. The van der Waals surface area contributed by atoms with Crippen LogP contribution in [0.15, 0.2) is 59.1 Å². The van der Waals surface area contributed by atoms with Gasteiger partial charge in [-0.3, -0.25) is 9.59 Å². The highest BCUT2D eigenvalue weighted by Gasteiger charge is 2.29. The number of hydrogen-bond acceptors (Lipinski definition) is 5. The quantitative estimate of drug-likeness (QED) is 0.615. The van der Waals surface area contributed by atoms with Crippen LogP contribution >= 0.6 is 0 Å². The van der Waals surface area contributed by atoms with Gasteiger partial charge in [-0.2, -0.15) is 0 Å². The van der Waals surface area contributed by atoms with Gasteiger partial charge in [-0.1, -0.05) is 29.4 Å². The largest absolute Gasteiger partial charge is 0.496 e. The molecule has 2 aromatic carbocycles. The summed E-state index contributed by atoms with van der Waals surface area (Å²) in [6.07, 6.45) is 1.93. The van der Waals surface area contributed by atoms with Crippen molar-refractivity contribution in [1.29, 1.82) is 0 Å². The molecule has 1 aromatic heterocycles. The van der Waals surface area contributed by atoms with Crippen molar-refractivity contribution in [1.82, 2.24) is 10.5 Å². The van der Waals surface area contributed by atoms with E-state index < -0.39 is 0 Å². The molecule has 1 atom stereocenters. The van der Waals surface area contributed by atoms with Gasteiger partial charge in [0.1, 0.15) is 5.75 Å². The van der Waals surface area contributed by atoms with Crippen molar-refractivity contribution in [2.45, 2.75) is 25.8 Å². The van der Waals surface area contributed by atoms with Crippen molar-refractivity contribution in [2.75, 3.05) is 12.4 Å². The zero-order valence-electron chi connectivity index (χ0n) is 16.8. The Labute approximate surface area is 174 Å². The third kappa shape index (κ3) is 4.35. The summed E-state index contributed by atoms with van der Waals surface area (Å²) < 4.78 is 10.7. The van der Waals surface area contributed by atoms with Gasteiger partial charge in [0.2, 0.25) is 5.91 Å². The van der Waals surface area contributed by atoms with Gasteiger partial charge in [-0.15, -0.1) is 0 Å². The lowest BCUT2D eigenvalue weighted by Crippen LogP contribution is -2.26. The molecule has 1 aliphatic carbocycles. The summed E-state index contributed by atoms with van der Waals surface area (Å²) in [5.74, 6) is 0.995. The molecule has 1 saturated carbocycles. The minimum atomic E-state index is -0.335. The molecule has 1 heterocycles. The molecule has 0 bridgehead atoms. The summed E-state index contributed by atoms with van der Waals surface area (Å²) in [5, 5.41) is 9.71. The van der Waals surface area contributed by atoms with Crippen LogP contribution < -0.4 is 15.4 Å². The number of nitrogens with one attached hydrogen (secondary N) is 2. The first-order valence-corrected chi connectivity index (χ1v) is 9.87. The van der Waals surface area contributed by atoms with E-state index in [2.05, 4.69) is 15.8 Å². The zero-order valence-corrected chi connectivity index (χ0v) is 16.8. The maximum Gasteiger partial charge on any atom is 0.273 e. The van der Waals surface area contributed by atoms with E-state index in [1.807, 2.05) is 55.5 Å². The first-order chi connectivity index (χ1) is 14.5. The molecular formula is C23H23N3O4. The van der Waals surface area contributed by atoms with Crippen LogP contribution in [0.2, 0.25) is 0 Å². The number of benzene rings is 2. The fraction of sp³-hybridized carbons (Fsp3) is 0.261. The Morgan fingerprint density at radius 1 is 1.13 bits per heavy atom. The molecule has 7 heteroatoms. The average Bonchev–Trinajstić information content (AvgIpc) is 3.51. The van der Waals surface area contributed by atoms with Crippen molar-refractivity contribution in [3.63, 3.8) is 0 Å². The van der Waals surface area contributed by atoms with Gasteiger partial charge in [-0.05, 0) is 49.6 Å². The number of nitrogens with zero attached hydrogens (tertiary/aromatic N) is 1. The first kappa shape index (κ1) is 19.7. The molecule has 2 amide bonds. The molecule has 0 saturated heterocycles. The SMILES string of the molecule is COc1ccccc1-c1cc(C(=O)NC(C)c2ccc(NC(=O)C3CC3)cc2)no1. The zero-order chi connectivity index (χ0) is 21.1. The van der Waals surface area contributed by atoms with Crippen molar-refractivity contribution in [3.05, 3.63) is 65.9 Å². The van der Waals surface area contributed by atoms with E-state index in [9.17, 15) is 9.59 Å². The highest BCUT2D eigenvalue weighted by molar-refractivity contribution is 5.94. The van der Waals surface area contributed by atoms with Crippen LogP contribution in [-0.2, 0) is 4.79 Å². The third-order valence-electron chi connectivity index (χ3n) is 5.09. The topological polar surface area (TPSA) is 93.5 Å². The monoisotopic (exact) mass is 405 g/mol. The summed E-state index contributed by atoms with van der Waals surface area (Å²) in [6.45, 7) is 1.89. The molecule has 7 nitrogen and oxygen atoms in total. The van der Waals surface area contributed by atoms with Gasteiger partial charge < -0.3 is 19.9 Å². The second-order valence-electron chi connectivity index (χ2n) is 7.36. The van der Waals surface area contributed by atoms with E-state index in [4.69, 9.17) is 9.26 Å². The summed E-state index contributed by atoms with van der Waals surface area (Å²) in [6, 6.07) is 16.2. The Morgan fingerprint density at radius 2 is 1.87 bits per heavy atom. The lowest BCUT2D eigenvalue weighted by Gasteiger charge is -2.14. The van der Waals surface area contributed by atoms with Crippen LogP contribution in [0.4, 0.5) is 5.69 Å². The van der Waals surface area contributed by atoms with Crippen LogP contribution in [0.1, 0.15) is 41.9 Å². The van der Waals surface area contributed by atoms with Crippen molar-refractivity contribution in [3.8, 4) is 17.1 Å². The fourth-order valence-electron chi connectivity index (χ4n) is 3.16. The number of hydrogen-bond donors (Lipinski definition) is 2. The van der Waals surface area contributed by atoms with Gasteiger partial charge in [-0.25, -0.2) is 0 Å². The van der Waals surface area contributed by atoms with Crippen LogP contribution in [0.5, 0.6) is 5.75 Å². The van der Waals surface area contributed by atoms with Crippen LogP contribution in [0.25, 0.3) is 11.3 Å². The summed E-state index contributed by atoms with van der Waals surface area (Å²) in [4.78, 5) is 24.4. The van der Waals surface area contributed by atoms with Crippen molar-refractivity contribution < 1.29 is 18.8 Å². The van der Waals surface area contributed by atoms with E-state index in [1.165, 1.54) is 0 Å². The number of aromatic nitrogens is 1. The van der Waals surface area contributed by atoms with E-state index in [1.54, 1.807) is 13.2 Å². The maximum atomic E-state index is 12.6. The fourth-order valence-corrected chi connectivity index (χ4v) is 3.16. The number of carbonyl (C=O) groups excluding carboxylic acids is 2. The number of methoxy groups -OCH3 is 1. The molecule has 1 fully saturated rings. The second-order valence-corrected chi connectivity index (χ2v) is 7.36. The van der Waals surface area contributed by atoms with E-state index >= 15 is 0 Å². The molecule has 0 radical (unpaired) electrons. The minimum absolute atomic E-state index is 0.0704. The van der Waals surface area contributed by atoms with Crippen molar-refractivity contribution >= 4 is 17.5 Å². The van der Waals surface area contributed by atoms with Crippen LogP contribution in [0.3, 0.4) is 0 Å². The molecule has 2 N–H and O–H groups in total. The number of ether oxygens (including phenoxy) is 1. The molecule has 30 heavy (non-hydrogen) atoms. The second kappa shape index (κ2) is 8.41. The summed E-state index contributed by atoms with van der Waals surface area (Å²) in [7, 11) is 1.58. The molecule has 1 aliphatic rings. The van der Waals surface area contributed by atoms with E-state index in [0.717, 1.165) is 29.7 Å². The first-order valence-electron chi connectivity index (χ1n) is 9.87. The predicted molar refractivity (Wildman–Crippen MR) is 112 cm³/mol. The highest BCUT2D eigenvalue weighted by atomic mass is 16.5. The van der Waals surface area contributed by atoms with Gasteiger partial charge in [0.25, 0.3) is 5.91 Å². The van der Waals surface area contributed by atoms with E-state index in [-0.39, 0.29) is 29.5 Å². The number of carbonyl (C=O) groups is 2. The minimum Gasteiger partial charge on any atom is -0.496 e. The molecule has 4 rings (SSSR count). The van der Waals surface area contributed by atoms with E-state index in [0.29, 0.717) is 11.5 Å². The Kier molecular flexibility index (Phi) is 5.52. The molecule has 1 unspecified atom stereocenters. The van der Waals surface area contributed by atoms with Gasteiger partial charge >= 0.3 is 0 Å². The number of rotatable bonds is 7. The Hall–Kier alpha value is -3.61. The molecule has 3 aromatic rings. The summed E-state index contributed by atoms with van der Waals surface area (Å²) >= 11 is 0. The Balaban J connectivity index is 1.40. The van der Waals surface area contributed by atoms with Gasteiger partial charge in [0.15, 0.2) is 11.5 Å². The Bertz CT molecular complexity index is 1050. The number of para-hydroxylation sites is 1. The average molecular weight is 405 g/mol. The molecule has 0 spiro atoms. The molecular weight excluding hydrogens is 382 g/mol. The van der Waals surface area contributed by atoms with Gasteiger partial charge in [0.05, 0.1) is 18.7 Å². The maximum absolute atomic E-state index is 12.6. The van der Waals surface area contributed by atoms with Gasteiger partial charge in [0, 0.05) is 17.7 Å². The van der Waals surface area contributed by atoms with Crippen LogP contribution in [0, 0.1) is 5.92 Å². The van der Waals surface area contributed by atoms with Crippen molar-refractivity contribution in [2.24, 2.45) is 5.92 Å². The normalized spacial score (nSPS) is 14.1. The van der Waals surface area contributed by atoms with Crippen LogP contribution in [-0.4, -0.2) is 24.1 Å². The standard InChI is InChI=1S/C23H23N3O4/c1-14(15-9-11-17(12-10-15)25-22(27)16-7-8-16)24-23(28)19-13-21(30-26-19)18-5-3-4-6-20(18)29-2/h3-6,9-14,16H,7-8H2,1-2H3,(H,24,28)(H,25,27). The molecule has 154 valence electrons.